The van der Waals surface area contributed by atoms with Crippen molar-refractivity contribution < 1.29 is 9.53 Å². The van der Waals surface area contributed by atoms with Gasteiger partial charge < -0.3 is 19.5 Å². The number of benzene rings is 2. The number of rotatable bonds is 8. The first-order valence-electron chi connectivity index (χ1n) is 10.1. The Bertz CT molecular complexity index is 969. The average Bonchev–Trinajstić information content (AvgIpc) is 3.18. The molecular formula is C24H28ClN3O2. The fourth-order valence-corrected chi connectivity index (χ4v) is 3.48. The summed E-state index contributed by atoms with van der Waals surface area (Å²) in [7, 11) is 1.62. The zero-order valence-electron chi connectivity index (χ0n) is 17.6. The first-order valence-corrected chi connectivity index (χ1v) is 10.5. The van der Waals surface area contributed by atoms with Crippen molar-refractivity contribution in [3.8, 4) is 5.75 Å². The highest BCUT2D eigenvalue weighted by Gasteiger charge is 2.21. The third-order valence-electron chi connectivity index (χ3n) is 5.22. The molecule has 0 spiro atoms. The topological polar surface area (TPSA) is 46.5 Å². The minimum atomic E-state index is -0.120. The normalized spacial score (nSPS) is 11.7. The van der Waals surface area contributed by atoms with Gasteiger partial charge in [0.15, 0.2) is 0 Å². The van der Waals surface area contributed by atoms with Gasteiger partial charge in [-0.2, -0.15) is 0 Å². The van der Waals surface area contributed by atoms with Crippen LogP contribution < -0.4 is 10.1 Å². The Labute approximate surface area is 183 Å². The number of carbonyl (C=O) groups excluding carboxylic acids is 1. The van der Waals surface area contributed by atoms with Gasteiger partial charge in [0.1, 0.15) is 5.75 Å². The van der Waals surface area contributed by atoms with Crippen LogP contribution in [0.3, 0.4) is 0 Å². The Morgan fingerprint density at radius 3 is 2.60 bits per heavy atom. The summed E-state index contributed by atoms with van der Waals surface area (Å²) >= 11 is 6.13. The zero-order valence-corrected chi connectivity index (χ0v) is 18.4. The summed E-state index contributed by atoms with van der Waals surface area (Å²) in [6.45, 7) is 5.38. The number of methoxy groups -OCH3 is 1. The van der Waals surface area contributed by atoms with Crippen LogP contribution in [-0.2, 0) is 13.1 Å². The van der Waals surface area contributed by atoms with Crippen LogP contribution in [0.15, 0.2) is 66.9 Å². The monoisotopic (exact) mass is 425 g/mol. The van der Waals surface area contributed by atoms with Crippen molar-refractivity contribution in [1.82, 2.24) is 9.47 Å². The van der Waals surface area contributed by atoms with Crippen molar-refractivity contribution in [2.75, 3.05) is 12.4 Å². The van der Waals surface area contributed by atoms with Crippen LogP contribution in [0, 0.1) is 0 Å². The molecular weight excluding hydrogens is 398 g/mol. The highest BCUT2D eigenvalue weighted by atomic mass is 35.5. The number of nitrogens with zero attached hydrogens (tertiary/aromatic N) is 2. The van der Waals surface area contributed by atoms with E-state index < -0.39 is 0 Å². The van der Waals surface area contributed by atoms with E-state index in [0.29, 0.717) is 13.1 Å². The number of hydrogen-bond acceptors (Lipinski definition) is 2. The lowest BCUT2D eigenvalue weighted by molar-refractivity contribution is 0.185. The molecule has 0 aliphatic heterocycles. The molecule has 3 aromatic rings. The number of carbonyl (C=O) groups is 1. The summed E-state index contributed by atoms with van der Waals surface area (Å²) < 4.78 is 7.34. The van der Waals surface area contributed by atoms with Crippen molar-refractivity contribution >= 4 is 23.3 Å². The predicted molar refractivity (Wildman–Crippen MR) is 122 cm³/mol. The van der Waals surface area contributed by atoms with Crippen LogP contribution in [0.4, 0.5) is 10.5 Å². The SMILES string of the molecule is CCC(C)N(Cc1cccn1Cc1cccc(Cl)c1)C(=O)Nc1ccc(OC)cc1. The maximum absolute atomic E-state index is 13.1. The molecule has 3 rings (SSSR count). The van der Waals surface area contributed by atoms with E-state index in [1.807, 2.05) is 59.6 Å². The zero-order chi connectivity index (χ0) is 21.5. The van der Waals surface area contributed by atoms with Crippen molar-refractivity contribution in [2.45, 2.75) is 39.4 Å². The number of halogens is 1. The number of urea groups is 1. The number of aromatic nitrogens is 1. The molecule has 6 heteroatoms. The van der Waals surface area contributed by atoms with Crippen LogP contribution >= 0.6 is 11.6 Å². The van der Waals surface area contributed by atoms with Gasteiger partial charge in [-0.05, 0) is 67.4 Å². The molecule has 1 heterocycles. The highest BCUT2D eigenvalue weighted by molar-refractivity contribution is 6.30. The fraction of sp³-hybridized carbons (Fsp3) is 0.292. The quantitative estimate of drug-likeness (QED) is 0.478. The Morgan fingerprint density at radius 2 is 1.93 bits per heavy atom. The molecule has 0 bridgehead atoms. The van der Waals surface area contributed by atoms with Crippen molar-refractivity contribution in [1.29, 1.82) is 0 Å². The van der Waals surface area contributed by atoms with Crippen LogP contribution in [-0.4, -0.2) is 28.6 Å². The molecule has 2 amide bonds. The van der Waals surface area contributed by atoms with E-state index in [9.17, 15) is 4.79 Å². The molecule has 0 saturated heterocycles. The molecule has 5 nitrogen and oxygen atoms in total. The third-order valence-corrected chi connectivity index (χ3v) is 5.46. The molecule has 1 atom stereocenters. The minimum absolute atomic E-state index is 0.0952. The second-order valence-electron chi connectivity index (χ2n) is 7.30. The van der Waals surface area contributed by atoms with Crippen LogP contribution in [0.2, 0.25) is 5.02 Å². The molecule has 0 radical (unpaired) electrons. The molecule has 0 fully saturated rings. The summed E-state index contributed by atoms with van der Waals surface area (Å²) in [5.41, 5.74) is 2.93. The molecule has 1 unspecified atom stereocenters. The second-order valence-corrected chi connectivity index (χ2v) is 7.74. The summed E-state index contributed by atoms with van der Waals surface area (Å²) in [5, 5.41) is 3.73. The maximum Gasteiger partial charge on any atom is 0.322 e. The van der Waals surface area contributed by atoms with E-state index in [4.69, 9.17) is 16.3 Å². The number of amides is 2. The Kier molecular flexibility index (Phi) is 7.41. The van der Waals surface area contributed by atoms with Gasteiger partial charge in [0, 0.05) is 35.2 Å². The minimum Gasteiger partial charge on any atom is -0.497 e. The average molecular weight is 426 g/mol. The van der Waals surface area contributed by atoms with E-state index in [-0.39, 0.29) is 12.1 Å². The summed E-state index contributed by atoms with van der Waals surface area (Å²) in [6.07, 6.45) is 2.90. The lowest BCUT2D eigenvalue weighted by Gasteiger charge is -2.29. The summed E-state index contributed by atoms with van der Waals surface area (Å²) in [5.74, 6) is 0.755. The third kappa shape index (κ3) is 5.57. The molecule has 0 saturated carbocycles. The van der Waals surface area contributed by atoms with Crippen molar-refractivity contribution in [3.05, 3.63) is 83.1 Å². The molecule has 2 aromatic carbocycles. The van der Waals surface area contributed by atoms with Gasteiger partial charge in [-0.1, -0.05) is 30.7 Å². The van der Waals surface area contributed by atoms with Crippen molar-refractivity contribution in [3.63, 3.8) is 0 Å². The molecule has 0 aliphatic rings. The van der Waals surface area contributed by atoms with Gasteiger partial charge in [-0.15, -0.1) is 0 Å². The lowest BCUT2D eigenvalue weighted by Crippen LogP contribution is -2.41. The first-order chi connectivity index (χ1) is 14.5. The van der Waals surface area contributed by atoms with E-state index in [1.165, 1.54) is 0 Å². The predicted octanol–water partition coefficient (Wildman–Crippen LogP) is 6.03. The van der Waals surface area contributed by atoms with Gasteiger partial charge in [0.25, 0.3) is 0 Å². The van der Waals surface area contributed by atoms with Gasteiger partial charge in [-0.25, -0.2) is 4.79 Å². The smallest absolute Gasteiger partial charge is 0.322 e. The molecule has 0 aliphatic carbocycles. The fourth-order valence-electron chi connectivity index (χ4n) is 3.27. The number of ether oxygens (including phenoxy) is 1. The summed E-state index contributed by atoms with van der Waals surface area (Å²) in [4.78, 5) is 14.9. The van der Waals surface area contributed by atoms with Gasteiger partial charge in [-0.3, -0.25) is 0 Å². The first kappa shape index (κ1) is 21.8. The molecule has 30 heavy (non-hydrogen) atoms. The molecule has 1 aromatic heterocycles. The molecule has 158 valence electrons. The number of hydrogen-bond donors (Lipinski definition) is 1. The Balaban J connectivity index is 1.75. The second kappa shape index (κ2) is 10.2. The van der Waals surface area contributed by atoms with Crippen molar-refractivity contribution in [2.24, 2.45) is 0 Å². The lowest BCUT2D eigenvalue weighted by atomic mass is 10.2. The van der Waals surface area contributed by atoms with E-state index >= 15 is 0 Å². The van der Waals surface area contributed by atoms with Crippen LogP contribution in [0.1, 0.15) is 31.5 Å². The standard InChI is InChI=1S/C24H28ClN3O2/c1-4-18(2)28(24(29)26-21-10-12-23(30-3)13-11-21)17-22-9-6-14-27(22)16-19-7-5-8-20(25)15-19/h5-15,18H,4,16-17H2,1-3H3,(H,26,29). The molecule has 1 N–H and O–H groups in total. The number of nitrogens with one attached hydrogen (secondary N) is 1. The van der Waals surface area contributed by atoms with Crippen LogP contribution in [0.5, 0.6) is 5.75 Å². The van der Waals surface area contributed by atoms with E-state index in [1.54, 1.807) is 7.11 Å². The Morgan fingerprint density at radius 1 is 1.17 bits per heavy atom. The summed E-state index contributed by atoms with van der Waals surface area (Å²) in [6, 6.07) is 19.2. The van der Waals surface area contributed by atoms with Crippen LogP contribution in [0.25, 0.3) is 0 Å². The number of anilines is 1. The largest absolute Gasteiger partial charge is 0.497 e. The highest BCUT2D eigenvalue weighted by Crippen LogP contribution is 2.19. The maximum atomic E-state index is 13.1. The van der Waals surface area contributed by atoms with E-state index in [0.717, 1.165) is 34.1 Å². The van der Waals surface area contributed by atoms with Gasteiger partial charge in [0.2, 0.25) is 0 Å². The van der Waals surface area contributed by atoms with Gasteiger partial charge >= 0.3 is 6.03 Å². The Hall–Kier alpha value is -2.92. The van der Waals surface area contributed by atoms with Gasteiger partial charge in [0.05, 0.1) is 13.7 Å². The van der Waals surface area contributed by atoms with E-state index in [2.05, 4.69) is 35.9 Å².